The molecule has 10 atom stereocenters. The summed E-state index contributed by atoms with van der Waals surface area (Å²) in [5, 5.41) is 32.8. The molecule has 176 valence electrons. The number of carbonyl (C=O) groups is 2. The summed E-state index contributed by atoms with van der Waals surface area (Å²) >= 11 is 0. The van der Waals surface area contributed by atoms with Crippen molar-refractivity contribution in [3.8, 4) is 0 Å². The van der Waals surface area contributed by atoms with Crippen LogP contribution in [0.25, 0.3) is 0 Å². The van der Waals surface area contributed by atoms with Crippen molar-refractivity contribution in [2.24, 2.45) is 28.6 Å². The van der Waals surface area contributed by atoms with E-state index in [1.807, 2.05) is 6.92 Å². The second-order valence-corrected chi connectivity index (χ2v) is 10.2. The first-order valence-corrected chi connectivity index (χ1v) is 11.0. The molecule has 5 aliphatic rings. The molecule has 7 heteroatoms. The Bertz CT molecular complexity index is 1200. The molecule has 0 spiro atoms. The lowest BCUT2D eigenvalue weighted by atomic mass is 9.45. The number of Topliss-reactive ketones (excluding diaryl/α,β-unsaturated/α-hetero) is 1. The molecule has 0 aromatic carbocycles. The van der Waals surface area contributed by atoms with Gasteiger partial charge >= 0.3 is 0 Å². The van der Waals surface area contributed by atoms with Crippen LogP contribution < -0.4 is 0 Å². The van der Waals surface area contributed by atoms with Crippen molar-refractivity contribution in [1.82, 2.24) is 0 Å². The van der Waals surface area contributed by atoms with Crippen molar-refractivity contribution in [3.63, 3.8) is 0 Å². The summed E-state index contributed by atoms with van der Waals surface area (Å²) in [6.07, 6.45) is -9.60. The van der Waals surface area contributed by atoms with Gasteiger partial charge in [0.25, 0.3) is 0 Å². The van der Waals surface area contributed by atoms with Gasteiger partial charge in [0.05, 0.1) is 19.7 Å². The zero-order chi connectivity index (χ0) is 30.1. The fourth-order valence-electron chi connectivity index (χ4n) is 7.75. The van der Waals surface area contributed by atoms with Crippen LogP contribution in [-0.2, 0) is 19.1 Å². The zero-order valence-electron chi connectivity index (χ0n) is 26.0. The third-order valence-electron chi connectivity index (χ3n) is 8.90. The molecule has 0 bridgehead atoms. The minimum absolute atomic E-state index is 0.0197. The Balaban J connectivity index is 1.60. The lowest BCUT2D eigenvalue weighted by molar-refractivity contribution is -0.203. The van der Waals surface area contributed by atoms with Crippen molar-refractivity contribution in [2.45, 2.75) is 82.9 Å². The van der Waals surface area contributed by atoms with Crippen LogP contribution in [-0.4, -0.2) is 63.7 Å². The molecule has 7 nitrogen and oxygen atoms in total. The molecule has 0 aromatic heterocycles. The van der Waals surface area contributed by atoms with E-state index in [2.05, 4.69) is 0 Å². The quantitative estimate of drug-likeness (QED) is 0.592. The first-order valence-electron chi connectivity index (χ1n) is 15.0. The number of hydrogen-bond donors (Lipinski definition) is 3. The lowest BCUT2D eigenvalue weighted by Crippen LogP contribution is -2.64. The highest BCUT2D eigenvalue weighted by Crippen LogP contribution is 2.69. The summed E-state index contributed by atoms with van der Waals surface area (Å²) in [6.45, 7) is -1.17. The summed E-state index contributed by atoms with van der Waals surface area (Å²) in [5.41, 5.74) is -3.98. The molecule has 1 saturated heterocycles. The van der Waals surface area contributed by atoms with Gasteiger partial charge in [-0.2, -0.15) is 0 Å². The third-order valence-corrected chi connectivity index (χ3v) is 8.90. The molecule has 1 aliphatic heterocycles. The average Bonchev–Trinajstić information content (AvgIpc) is 3.27. The van der Waals surface area contributed by atoms with Crippen molar-refractivity contribution in [3.05, 3.63) is 23.8 Å². The van der Waals surface area contributed by atoms with Crippen LogP contribution in [0.15, 0.2) is 23.8 Å². The van der Waals surface area contributed by atoms with E-state index in [-0.39, 0.29) is 25.0 Å². The summed E-state index contributed by atoms with van der Waals surface area (Å²) in [4.78, 5) is 25.6. The SMILES string of the molecule is [2H]C([2H])([2H])C([2H])([2H])C([2H])([2H])C1([2H])O[C@@H]2C[C@H]3[C@@H]4C[C@H](O)C5=CC(=O)C=C[C@]5(C)[C@H]4[C@@H](O)C[C@]3(C)[C@]2(C(=O)CO)O1. The Morgan fingerprint density at radius 3 is 2.88 bits per heavy atom. The molecule has 5 rings (SSSR count). The number of ketones is 2. The number of ether oxygens (including phenoxy) is 2. The van der Waals surface area contributed by atoms with Crippen LogP contribution in [0.4, 0.5) is 0 Å². The number of rotatable bonds is 4. The van der Waals surface area contributed by atoms with Crippen LogP contribution in [0.2, 0.25) is 0 Å². The maximum atomic E-state index is 13.5. The van der Waals surface area contributed by atoms with Crippen LogP contribution in [0.5, 0.6) is 0 Å². The molecule has 0 amide bonds. The third kappa shape index (κ3) is 2.66. The number of aliphatic hydroxyl groups is 3. The van der Waals surface area contributed by atoms with E-state index in [4.69, 9.17) is 20.4 Å². The van der Waals surface area contributed by atoms with Crippen molar-refractivity contribution >= 4 is 11.6 Å². The van der Waals surface area contributed by atoms with E-state index in [1.165, 1.54) is 12.2 Å². The van der Waals surface area contributed by atoms with Crippen LogP contribution >= 0.6 is 0 Å². The van der Waals surface area contributed by atoms with Gasteiger partial charge in [0, 0.05) is 26.3 Å². The van der Waals surface area contributed by atoms with Crippen LogP contribution in [0.3, 0.4) is 0 Å². The van der Waals surface area contributed by atoms with E-state index in [0.29, 0.717) is 5.57 Å². The lowest BCUT2D eigenvalue weighted by Gasteiger charge is -2.60. The van der Waals surface area contributed by atoms with Crippen molar-refractivity contribution in [2.75, 3.05) is 6.61 Å². The van der Waals surface area contributed by atoms with Gasteiger partial charge < -0.3 is 24.8 Å². The molecule has 4 fully saturated rings. The molecular weight excluding hydrogens is 412 g/mol. The Hall–Kier alpha value is -1.38. The maximum absolute atomic E-state index is 13.5. The Morgan fingerprint density at radius 2 is 2.16 bits per heavy atom. The van der Waals surface area contributed by atoms with Gasteiger partial charge in [-0.05, 0) is 55.2 Å². The highest BCUT2D eigenvalue weighted by molar-refractivity contribution is 6.01. The second kappa shape index (κ2) is 7.31. The fourth-order valence-corrected chi connectivity index (χ4v) is 7.75. The monoisotopic (exact) mass is 454 g/mol. The second-order valence-electron chi connectivity index (χ2n) is 10.2. The zero-order valence-corrected chi connectivity index (χ0v) is 18.0. The van der Waals surface area contributed by atoms with E-state index >= 15 is 0 Å². The smallest absolute Gasteiger partial charge is 0.193 e. The molecule has 0 aromatic rings. The van der Waals surface area contributed by atoms with Gasteiger partial charge in [-0.3, -0.25) is 9.59 Å². The molecule has 32 heavy (non-hydrogen) atoms. The molecule has 3 N–H and O–H groups in total. The summed E-state index contributed by atoms with van der Waals surface area (Å²) in [7, 11) is 0. The number of carbonyl (C=O) groups excluding carboxylic acids is 2. The van der Waals surface area contributed by atoms with Gasteiger partial charge in [-0.25, -0.2) is 0 Å². The van der Waals surface area contributed by atoms with Crippen LogP contribution in [0, 0.1) is 28.6 Å². The van der Waals surface area contributed by atoms with Crippen molar-refractivity contribution in [1.29, 1.82) is 0 Å². The van der Waals surface area contributed by atoms with E-state index in [9.17, 15) is 24.9 Å². The minimum Gasteiger partial charge on any atom is -0.393 e. The number of hydrogen-bond acceptors (Lipinski definition) is 7. The molecule has 0 radical (unpaired) electrons. The minimum atomic E-state index is -3.63. The maximum Gasteiger partial charge on any atom is 0.193 e. The van der Waals surface area contributed by atoms with Gasteiger partial charge in [0.15, 0.2) is 23.4 Å². The van der Waals surface area contributed by atoms with E-state index in [1.54, 1.807) is 13.0 Å². The number of fused-ring (bicyclic) bond motifs is 7. The highest BCUT2D eigenvalue weighted by atomic mass is 16.7. The predicted octanol–water partition coefficient (Wildman–Crippen LogP) is 1.69. The van der Waals surface area contributed by atoms with Gasteiger partial charge in [0.2, 0.25) is 0 Å². The Morgan fingerprint density at radius 1 is 1.38 bits per heavy atom. The number of aliphatic hydroxyl groups excluding tert-OH is 3. The van der Waals surface area contributed by atoms with Crippen molar-refractivity contribution < 1.29 is 45.3 Å². The van der Waals surface area contributed by atoms with Crippen LogP contribution in [0.1, 0.15) is 63.7 Å². The first kappa shape index (κ1) is 14.8. The molecule has 1 unspecified atom stereocenters. The van der Waals surface area contributed by atoms with E-state index < -0.39 is 90.8 Å². The largest absolute Gasteiger partial charge is 0.393 e. The summed E-state index contributed by atoms with van der Waals surface area (Å²) in [5.74, 6) is -2.67. The normalized spacial score (nSPS) is 58.8. The predicted molar refractivity (Wildman–Crippen MR) is 114 cm³/mol. The molecular formula is C25H34O7. The van der Waals surface area contributed by atoms with E-state index in [0.717, 1.165) is 0 Å². The fraction of sp³-hybridized carbons (Fsp3) is 0.760. The highest BCUT2D eigenvalue weighted by Gasteiger charge is 2.76. The molecule has 4 aliphatic carbocycles. The van der Waals surface area contributed by atoms with Gasteiger partial charge in [-0.1, -0.05) is 33.1 Å². The first-order chi connectivity index (χ1) is 18.1. The van der Waals surface area contributed by atoms with Gasteiger partial charge in [0.1, 0.15) is 6.61 Å². The summed E-state index contributed by atoms with van der Waals surface area (Å²) in [6, 6.07) is 0. The molecule has 1 heterocycles. The number of allylic oxidation sites excluding steroid dienone is 3. The standard InChI is InChI=1S/C25H34O7/c1-4-5-21-31-20-10-15-14-9-17(28)16-8-13(27)6-7-23(16,2)22(14)18(29)11-24(15,3)25(20,32-21)19(30)12-26/h6-8,14-15,17-18,20-22,26,28-29H,4-5,9-12H2,1-3H3/t14-,15-,17-,18-,20+,21?,22+,23-,24-,25+/m0/s1/i1D3,4D2,5D2,21D. The summed E-state index contributed by atoms with van der Waals surface area (Å²) < 4.78 is 75.8. The van der Waals surface area contributed by atoms with Gasteiger partial charge in [-0.15, -0.1) is 0 Å². The molecule has 3 saturated carbocycles. The Labute approximate surface area is 199 Å². The average molecular weight is 455 g/mol. The topological polar surface area (TPSA) is 113 Å². The Kier molecular flexibility index (Phi) is 3.38.